The fourth-order valence-electron chi connectivity index (χ4n) is 4.76. The Labute approximate surface area is 151 Å². The van der Waals surface area contributed by atoms with Crippen LogP contribution in [0.15, 0.2) is 24.3 Å². The summed E-state index contributed by atoms with van der Waals surface area (Å²) in [5.74, 6) is 0.186. The molecule has 3 saturated heterocycles. The van der Waals surface area contributed by atoms with Crippen LogP contribution in [0.5, 0.6) is 0 Å². The lowest BCUT2D eigenvalue weighted by molar-refractivity contribution is 0.0460. The lowest BCUT2D eigenvalue weighted by Crippen LogP contribution is -2.43. The van der Waals surface area contributed by atoms with Gasteiger partial charge in [0.15, 0.2) is 0 Å². The lowest BCUT2D eigenvalue weighted by Gasteiger charge is -2.38. The average Bonchev–Trinajstić information content (AvgIpc) is 3.26. The number of benzene rings is 1. The normalized spacial score (nSPS) is 26.4. The molecule has 1 atom stereocenters. The van der Waals surface area contributed by atoms with E-state index in [4.69, 9.17) is 4.74 Å². The van der Waals surface area contributed by atoms with Crippen LogP contribution < -0.4 is 0 Å². The van der Waals surface area contributed by atoms with E-state index in [2.05, 4.69) is 4.90 Å². The summed E-state index contributed by atoms with van der Waals surface area (Å²) in [6, 6.07) is 7.95. The Morgan fingerprint density at radius 3 is 2.68 bits per heavy atom. The molecule has 0 aliphatic carbocycles. The lowest BCUT2D eigenvalue weighted by atomic mass is 9.76. The number of hydrogen-bond acceptors (Lipinski definition) is 3. The van der Waals surface area contributed by atoms with Gasteiger partial charge in [0.05, 0.1) is 12.7 Å². The number of likely N-dealkylation sites (tertiary alicyclic amines) is 2. The third-order valence-corrected chi connectivity index (χ3v) is 6.32. The molecule has 0 radical (unpaired) electrons. The zero-order chi connectivity index (χ0) is 17.3. The van der Waals surface area contributed by atoms with E-state index in [1.54, 1.807) is 0 Å². The molecule has 4 nitrogen and oxygen atoms in total. The van der Waals surface area contributed by atoms with Gasteiger partial charge in [-0.05, 0) is 69.7 Å². The second-order valence-corrected chi connectivity index (χ2v) is 8.31. The van der Waals surface area contributed by atoms with Crippen molar-refractivity contribution in [1.29, 1.82) is 0 Å². The van der Waals surface area contributed by atoms with Crippen LogP contribution >= 0.6 is 0 Å². The molecule has 0 bridgehead atoms. The molecule has 0 unspecified atom stereocenters. The maximum absolute atomic E-state index is 12.7. The molecule has 1 amide bonds. The number of rotatable bonds is 3. The molecule has 0 saturated carbocycles. The standard InChI is InChI=1S/C21H30N2O2/c1-17-5-4-6-18(13-17)20(24)23-11-7-21(8-12-23)14-19(25-16-21)15-22-9-2-3-10-22/h4-6,13,19H,2-3,7-12,14-16H2,1H3/t19-/m0/s1. The maximum Gasteiger partial charge on any atom is 0.253 e. The van der Waals surface area contributed by atoms with E-state index in [1.807, 2.05) is 36.1 Å². The third kappa shape index (κ3) is 3.75. The number of aryl methyl sites for hydroxylation is 1. The van der Waals surface area contributed by atoms with Crippen LogP contribution in [-0.4, -0.2) is 61.1 Å². The molecule has 1 spiro atoms. The Bertz CT molecular complexity index is 616. The molecule has 1 aromatic carbocycles. The van der Waals surface area contributed by atoms with Gasteiger partial charge in [0.1, 0.15) is 0 Å². The van der Waals surface area contributed by atoms with Gasteiger partial charge < -0.3 is 14.5 Å². The molecular weight excluding hydrogens is 312 g/mol. The Hall–Kier alpha value is -1.39. The highest BCUT2D eigenvalue weighted by Crippen LogP contribution is 2.42. The number of carbonyl (C=O) groups excluding carboxylic acids is 1. The van der Waals surface area contributed by atoms with E-state index in [9.17, 15) is 4.79 Å². The van der Waals surface area contributed by atoms with E-state index < -0.39 is 0 Å². The van der Waals surface area contributed by atoms with E-state index in [0.29, 0.717) is 11.5 Å². The molecule has 0 N–H and O–H groups in total. The van der Waals surface area contributed by atoms with Crippen LogP contribution in [0.3, 0.4) is 0 Å². The quantitative estimate of drug-likeness (QED) is 0.846. The van der Waals surface area contributed by atoms with Crippen molar-refractivity contribution in [2.45, 2.75) is 45.1 Å². The van der Waals surface area contributed by atoms with Gasteiger partial charge >= 0.3 is 0 Å². The Morgan fingerprint density at radius 1 is 1.20 bits per heavy atom. The number of amides is 1. The first-order valence-corrected chi connectivity index (χ1v) is 9.84. The predicted octanol–water partition coefficient (Wildman–Crippen LogP) is 3.10. The average molecular weight is 342 g/mol. The van der Waals surface area contributed by atoms with Crippen molar-refractivity contribution in [2.24, 2.45) is 5.41 Å². The van der Waals surface area contributed by atoms with E-state index in [1.165, 1.54) is 32.4 Å². The van der Waals surface area contributed by atoms with Gasteiger partial charge in [0.2, 0.25) is 0 Å². The zero-order valence-corrected chi connectivity index (χ0v) is 15.4. The van der Waals surface area contributed by atoms with Gasteiger partial charge in [0.25, 0.3) is 5.91 Å². The molecule has 4 rings (SSSR count). The number of hydrogen-bond donors (Lipinski definition) is 0. The Kier molecular flexibility index (Phi) is 4.83. The molecular formula is C21H30N2O2. The summed E-state index contributed by atoms with van der Waals surface area (Å²) in [6.45, 7) is 8.25. The van der Waals surface area contributed by atoms with Crippen LogP contribution in [0.25, 0.3) is 0 Å². The highest BCUT2D eigenvalue weighted by Gasteiger charge is 2.43. The second kappa shape index (κ2) is 7.08. The number of nitrogens with zero attached hydrogens (tertiary/aromatic N) is 2. The van der Waals surface area contributed by atoms with E-state index in [-0.39, 0.29) is 5.91 Å². The molecule has 3 fully saturated rings. The van der Waals surface area contributed by atoms with Crippen molar-refractivity contribution in [2.75, 3.05) is 39.3 Å². The van der Waals surface area contributed by atoms with Crippen LogP contribution in [0.4, 0.5) is 0 Å². The summed E-state index contributed by atoms with van der Waals surface area (Å²) in [5, 5.41) is 0. The van der Waals surface area contributed by atoms with Crippen molar-refractivity contribution < 1.29 is 9.53 Å². The smallest absolute Gasteiger partial charge is 0.253 e. The van der Waals surface area contributed by atoms with Crippen molar-refractivity contribution in [3.8, 4) is 0 Å². The number of piperidine rings is 1. The molecule has 3 heterocycles. The largest absolute Gasteiger partial charge is 0.376 e. The first kappa shape index (κ1) is 17.0. The summed E-state index contributed by atoms with van der Waals surface area (Å²) in [4.78, 5) is 17.3. The van der Waals surface area contributed by atoms with Gasteiger partial charge in [-0.2, -0.15) is 0 Å². The summed E-state index contributed by atoms with van der Waals surface area (Å²) in [7, 11) is 0. The highest BCUT2D eigenvalue weighted by atomic mass is 16.5. The van der Waals surface area contributed by atoms with E-state index in [0.717, 1.165) is 50.2 Å². The molecule has 3 aliphatic heterocycles. The van der Waals surface area contributed by atoms with Crippen molar-refractivity contribution >= 4 is 5.91 Å². The maximum atomic E-state index is 12.7. The molecule has 3 aliphatic rings. The van der Waals surface area contributed by atoms with Gasteiger partial charge in [-0.3, -0.25) is 4.79 Å². The zero-order valence-electron chi connectivity index (χ0n) is 15.4. The summed E-state index contributed by atoms with van der Waals surface area (Å²) < 4.78 is 6.16. The Morgan fingerprint density at radius 2 is 1.96 bits per heavy atom. The highest BCUT2D eigenvalue weighted by molar-refractivity contribution is 5.94. The van der Waals surface area contributed by atoms with Gasteiger partial charge in [-0.15, -0.1) is 0 Å². The van der Waals surface area contributed by atoms with Crippen LogP contribution in [-0.2, 0) is 4.74 Å². The SMILES string of the molecule is Cc1cccc(C(=O)N2CCC3(CC2)CO[C@H](CN2CCCC2)C3)c1. The third-order valence-electron chi connectivity index (χ3n) is 6.32. The Balaban J connectivity index is 1.31. The number of carbonyl (C=O) groups is 1. The summed E-state index contributed by atoms with van der Waals surface area (Å²) >= 11 is 0. The van der Waals surface area contributed by atoms with E-state index >= 15 is 0 Å². The van der Waals surface area contributed by atoms with Gasteiger partial charge in [0, 0.05) is 25.2 Å². The van der Waals surface area contributed by atoms with Crippen LogP contribution in [0.1, 0.15) is 48.0 Å². The van der Waals surface area contributed by atoms with Crippen molar-refractivity contribution in [3.63, 3.8) is 0 Å². The minimum atomic E-state index is 0.186. The fourth-order valence-corrected chi connectivity index (χ4v) is 4.76. The minimum Gasteiger partial charge on any atom is -0.376 e. The summed E-state index contributed by atoms with van der Waals surface area (Å²) in [5.41, 5.74) is 2.28. The number of ether oxygens (including phenoxy) is 1. The van der Waals surface area contributed by atoms with Gasteiger partial charge in [-0.1, -0.05) is 17.7 Å². The topological polar surface area (TPSA) is 32.8 Å². The summed E-state index contributed by atoms with van der Waals surface area (Å²) in [6.07, 6.45) is 6.43. The molecule has 4 heteroatoms. The molecule has 1 aromatic rings. The van der Waals surface area contributed by atoms with Crippen LogP contribution in [0, 0.1) is 12.3 Å². The predicted molar refractivity (Wildman–Crippen MR) is 98.8 cm³/mol. The van der Waals surface area contributed by atoms with Gasteiger partial charge in [-0.25, -0.2) is 0 Å². The fraction of sp³-hybridized carbons (Fsp3) is 0.667. The first-order valence-electron chi connectivity index (χ1n) is 9.84. The van der Waals surface area contributed by atoms with Crippen LogP contribution in [0.2, 0.25) is 0 Å². The second-order valence-electron chi connectivity index (χ2n) is 8.31. The molecule has 0 aromatic heterocycles. The first-order chi connectivity index (χ1) is 12.1. The molecule has 25 heavy (non-hydrogen) atoms. The monoisotopic (exact) mass is 342 g/mol. The molecule has 136 valence electrons. The minimum absolute atomic E-state index is 0.186. The van der Waals surface area contributed by atoms with Crippen molar-refractivity contribution in [1.82, 2.24) is 9.80 Å². The van der Waals surface area contributed by atoms with Crippen molar-refractivity contribution in [3.05, 3.63) is 35.4 Å².